The van der Waals surface area contributed by atoms with Gasteiger partial charge in [0.2, 0.25) is 6.29 Å². The molecule has 1 saturated heterocycles. The standard InChI is InChI=1S/C18H29NO4/c1-2-22-18-14(8-5-11-20)15(13-6-3-4-7-13)12-16(23-18)17(21)19-9-10-19/h12-15,18,20H,2-11H2,1H3/t14-,15-,18-/m1/s1. The van der Waals surface area contributed by atoms with Crippen LogP contribution in [0, 0.1) is 17.8 Å². The van der Waals surface area contributed by atoms with E-state index in [1.807, 2.05) is 6.92 Å². The first-order valence-corrected chi connectivity index (χ1v) is 9.14. The molecule has 23 heavy (non-hydrogen) atoms. The van der Waals surface area contributed by atoms with Crippen LogP contribution in [0.25, 0.3) is 0 Å². The van der Waals surface area contributed by atoms with E-state index in [0.29, 0.717) is 24.2 Å². The number of carbonyl (C=O) groups is 1. The Labute approximate surface area is 138 Å². The summed E-state index contributed by atoms with van der Waals surface area (Å²) in [5, 5.41) is 9.23. The van der Waals surface area contributed by atoms with Crippen molar-refractivity contribution in [3.63, 3.8) is 0 Å². The molecule has 2 aliphatic heterocycles. The first-order valence-electron chi connectivity index (χ1n) is 9.14. The minimum absolute atomic E-state index is 0.0123. The molecule has 3 atom stereocenters. The number of aliphatic hydroxyl groups excluding tert-OH is 1. The van der Waals surface area contributed by atoms with Crippen molar-refractivity contribution in [2.45, 2.75) is 51.7 Å². The third kappa shape index (κ3) is 3.89. The van der Waals surface area contributed by atoms with E-state index in [1.54, 1.807) is 4.90 Å². The summed E-state index contributed by atoms with van der Waals surface area (Å²) in [6.07, 6.45) is 8.35. The average Bonchev–Trinajstić information content (AvgIpc) is 3.27. The minimum atomic E-state index is -0.360. The molecule has 0 aromatic heterocycles. The van der Waals surface area contributed by atoms with Crippen LogP contribution in [0.5, 0.6) is 0 Å². The number of nitrogens with zero attached hydrogens (tertiary/aromatic N) is 1. The van der Waals surface area contributed by atoms with Crippen LogP contribution in [0.4, 0.5) is 0 Å². The van der Waals surface area contributed by atoms with Crippen molar-refractivity contribution in [2.24, 2.45) is 17.8 Å². The molecule has 0 spiro atoms. The lowest BCUT2D eigenvalue weighted by Gasteiger charge is -2.39. The van der Waals surface area contributed by atoms with Crippen LogP contribution in [0.2, 0.25) is 0 Å². The van der Waals surface area contributed by atoms with Crippen LogP contribution in [0.3, 0.4) is 0 Å². The lowest BCUT2D eigenvalue weighted by Crippen LogP contribution is -2.40. The highest BCUT2D eigenvalue weighted by atomic mass is 16.7. The molecule has 1 saturated carbocycles. The minimum Gasteiger partial charge on any atom is -0.459 e. The van der Waals surface area contributed by atoms with Crippen LogP contribution >= 0.6 is 0 Å². The van der Waals surface area contributed by atoms with Gasteiger partial charge in [0.15, 0.2) is 5.76 Å². The predicted octanol–water partition coefficient (Wildman–Crippen LogP) is 2.30. The molecular formula is C18H29NO4. The monoisotopic (exact) mass is 323 g/mol. The quantitative estimate of drug-likeness (QED) is 0.730. The molecule has 5 nitrogen and oxygen atoms in total. The molecule has 3 aliphatic rings. The van der Waals surface area contributed by atoms with Gasteiger partial charge in [-0.05, 0) is 50.5 Å². The summed E-state index contributed by atoms with van der Waals surface area (Å²) in [5.41, 5.74) is 0. The van der Waals surface area contributed by atoms with Gasteiger partial charge in [0.1, 0.15) is 0 Å². The molecule has 0 unspecified atom stereocenters. The highest BCUT2D eigenvalue weighted by molar-refractivity contribution is 5.93. The molecule has 0 aromatic rings. The zero-order chi connectivity index (χ0) is 16.2. The van der Waals surface area contributed by atoms with Crippen LogP contribution in [-0.4, -0.2) is 48.5 Å². The molecule has 130 valence electrons. The number of rotatable bonds is 7. The molecule has 5 heteroatoms. The normalized spacial score (nSPS) is 31.0. The molecule has 1 aliphatic carbocycles. The second kappa shape index (κ2) is 7.67. The average molecular weight is 323 g/mol. The zero-order valence-corrected chi connectivity index (χ0v) is 14.1. The van der Waals surface area contributed by atoms with Gasteiger partial charge in [-0.1, -0.05) is 12.8 Å². The Balaban J connectivity index is 1.82. The molecule has 0 bridgehead atoms. The zero-order valence-electron chi connectivity index (χ0n) is 14.1. The Hall–Kier alpha value is -1.07. The van der Waals surface area contributed by atoms with E-state index >= 15 is 0 Å². The number of amides is 1. The van der Waals surface area contributed by atoms with E-state index in [0.717, 1.165) is 25.9 Å². The van der Waals surface area contributed by atoms with E-state index in [4.69, 9.17) is 9.47 Å². The number of hydrogen-bond acceptors (Lipinski definition) is 4. The van der Waals surface area contributed by atoms with Gasteiger partial charge in [0.25, 0.3) is 5.91 Å². The topological polar surface area (TPSA) is 58.8 Å². The first kappa shape index (κ1) is 16.8. The van der Waals surface area contributed by atoms with Gasteiger partial charge in [0, 0.05) is 32.2 Å². The van der Waals surface area contributed by atoms with E-state index in [-0.39, 0.29) is 24.7 Å². The summed E-state index contributed by atoms with van der Waals surface area (Å²) in [5.74, 6) is 1.67. The fourth-order valence-corrected chi connectivity index (χ4v) is 4.07. The van der Waals surface area contributed by atoms with Crippen LogP contribution in [0.15, 0.2) is 11.8 Å². The molecule has 1 N–H and O–H groups in total. The highest BCUT2D eigenvalue weighted by Gasteiger charge is 2.42. The lowest BCUT2D eigenvalue weighted by molar-refractivity contribution is -0.177. The smallest absolute Gasteiger partial charge is 0.288 e. The fourth-order valence-electron chi connectivity index (χ4n) is 4.07. The number of allylic oxidation sites excluding steroid dienone is 1. The van der Waals surface area contributed by atoms with Crippen molar-refractivity contribution in [1.82, 2.24) is 4.90 Å². The molecular weight excluding hydrogens is 294 g/mol. The Morgan fingerprint density at radius 1 is 1.39 bits per heavy atom. The molecule has 1 amide bonds. The third-order valence-corrected chi connectivity index (χ3v) is 5.35. The summed E-state index contributed by atoms with van der Waals surface area (Å²) in [7, 11) is 0. The molecule has 0 aromatic carbocycles. The molecule has 2 fully saturated rings. The van der Waals surface area contributed by atoms with Crippen LogP contribution in [0.1, 0.15) is 45.4 Å². The van der Waals surface area contributed by atoms with E-state index in [2.05, 4.69) is 6.08 Å². The number of ether oxygens (including phenoxy) is 2. The van der Waals surface area contributed by atoms with Gasteiger partial charge < -0.3 is 19.5 Å². The second-order valence-corrected chi connectivity index (χ2v) is 6.92. The first-order chi connectivity index (χ1) is 11.2. The summed E-state index contributed by atoms with van der Waals surface area (Å²) in [6.45, 7) is 4.39. The summed E-state index contributed by atoms with van der Waals surface area (Å²) in [6, 6.07) is 0. The summed E-state index contributed by atoms with van der Waals surface area (Å²) in [4.78, 5) is 14.2. The van der Waals surface area contributed by atoms with Gasteiger partial charge in [-0.2, -0.15) is 0 Å². The largest absolute Gasteiger partial charge is 0.459 e. The Morgan fingerprint density at radius 2 is 2.13 bits per heavy atom. The van der Waals surface area contributed by atoms with Gasteiger partial charge in [-0.15, -0.1) is 0 Å². The highest BCUT2D eigenvalue weighted by Crippen LogP contribution is 2.43. The van der Waals surface area contributed by atoms with E-state index < -0.39 is 0 Å². The van der Waals surface area contributed by atoms with Gasteiger partial charge in [-0.3, -0.25) is 4.79 Å². The van der Waals surface area contributed by atoms with Crippen molar-refractivity contribution in [3.8, 4) is 0 Å². The van der Waals surface area contributed by atoms with Crippen molar-refractivity contribution in [1.29, 1.82) is 0 Å². The SMILES string of the molecule is CCO[C@@H]1OC(C(=O)N2CC2)=C[C@H](C2CCCC2)[C@H]1CCCO. The number of carbonyl (C=O) groups excluding carboxylic acids is 1. The van der Waals surface area contributed by atoms with Crippen LogP contribution < -0.4 is 0 Å². The van der Waals surface area contributed by atoms with Gasteiger partial charge >= 0.3 is 0 Å². The Morgan fingerprint density at radius 3 is 2.74 bits per heavy atom. The molecule has 3 rings (SSSR count). The van der Waals surface area contributed by atoms with E-state index in [1.165, 1.54) is 25.7 Å². The fraction of sp³-hybridized carbons (Fsp3) is 0.833. The van der Waals surface area contributed by atoms with Crippen LogP contribution in [-0.2, 0) is 14.3 Å². The van der Waals surface area contributed by atoms with Crippen molar-refractivity contribution in [2.75, 3.05) is 26.3 Å². The van der Waals surface area contributed by atoms with E-state index in [9.17, 15) is 9.90 Å². The Bertz CT molecular complexity index is 440. The molecule has 0 radical (unpaired) electrons. The number of hydrogen-bond donors (Lipinski definition) is 1. The van der Waals surface area contributed by atoms with Gasteiger partial charge in [-0.25, -0.2) is 0 Å². The third-order valence-electron chi connectivity index (χ3n) is 5.35. The van der Waals surface area contributed by atoms with Gasteiger partial charge in [0.05, 0.1) is 0 Å². The summed E-state index contributed by atoms with van der Waals surface area (Å²) < 4.78 is 11.8. The second-order valence-electron chi connectivity index (χ2n) is 6.92. The summed E-state index contributed by atoms with van der Waals surface area (Å²) >= 11 is 0. The maximum Gasteiger partial charge on any atom is 0.288 e. The lowest BCUT2D eigenvalue weighted by atomic mass is 9.76. The van der Waals surface area contributed by atoms with Crippen molar-refractivity contribution in [3.05, 3.63) is 11.8 Å². The molecule has 2 heterocycles. The van der Waals surface area contributed by atoms with Crippen molar-refractivity contribution < 1.29 is 19.4 Å². The maximum atomic E-state index is 12.4. The Kier molecular flexibility index (Phi) is 5.59. The predicted molar refractivity (Wildman–Crippen MR) is 86.4 cm³/mol. The van der Waals surface area contributed by atoms with Crippen molar-refractivity contribution >= 4 is 5.91 Å². The number of aliphatic hydroxyl groups is 1. The maximum absolute atomic E-state index is 12.4.